The molecule has 3 amide bonds. The third kappa shape index (κ3) is 8.98. The van der Waals surface area contributed by atoms with Crippen LogP contribution in [0.3, 0.4) is 0 Å². The van der Waals surface area contributed by atoms with E-state index in [1.807, 2.05) is 30.5 Å². The number of H-pyrrole nitrogens is 1. The largest absolute Gasteiger partial charge is 0.508 e. The Balaban J connectivity index is 1.67. The minimum absolute atomic E-state index is 0.0508. The maximum Gasteiger partial charge on any atom is 0.326 e. The van der Waals surface area contributed by atoms with Crippen molar-refractivity contribution in [3.8, 4) is 5.75 Å². The molecule has 4 unspecified atom stereocenters. The molecule has 0 bridgehead atoms. The topological polar surface area (TPSA) is 187 Å². The lowest BCUT2D eigenvalue weighted by atomic mass is 10.0. The summed E-state index contributed by atoms with van der Waals surface area (Å²) in [6, 6.07) is 9.64. The van der Waals surface area contributed by atoms with Gasteiger partial charge in [-0.25, -0.2) is 4.79 Å². The van der Waals surface area contributed by atoms with Gasteiger partial charge in [-0.15, -0.1) is 0 Å². The van der Waals surface area contributed by atoms with Gasteiger partial charge in [-0.3, -0.25) is 14.4 Å². The van der Waals surface area contributed by atoms with E-state index in [4.69, 9.17) is 5.73 Å². The summed E-state index contributed by atoms with van der Waals surface area (Å²) in [4.78, 5) is 54.7. The molecule has 226 valence electrons. The number of carbonyl (C=O) groups excluding carboxylic acids is 3. The predicted octanol–water partition coefficient (Wildman–Crippen LogP) is 1.93. The van der Waals surface area contributed by atoms with Crippen molar-refractivity contribution in [2.75, 3.05) is 12.0 Å². The van der Waals surface area contributed by atoms with Gasteiger partial charge in [0.1, 0.15) is 23.9 Å². The SMILES string of the molecule is CSCCC(NC(=O)C(N)Cc1ccc(O)cc1)C(=O)NC(C(=O)NC(Cc1c[nH]c2ccccc12)C(=O)O)C(C)C. The highest BCUT2D eigenvalue weighted by Gasteiger charge is 2.32. The zero-order valence-corrected chi connectivity index (χ0v) is 24.7. The van der Waals surface area contributed by atoms with Crippen molar-refractivity contribution in [2.24, 2.45) is 11.7 Å². The molecule has 0 spiro atoms. The number of rotatable bonds is 15. The summed E-state index contributed by atoms with van der Waals surface area (Å²) in [5.41, 5.74) is 8.45. The van der Waals surface area contributed by atoms with Crippen molar-refractivity contribution in [1.29, 1.82) is 0 Å². The molecule has 0 fully saturated rings. The Morgan fingerprint density at radius 1 is 0.905 bits per heavy atom. The number of aliphatic carboxylic acids is 1. The lowest BCUT2D eigenvalue weighted by Gasteiger charge is -2.27. The number of amides is 3. The minimum Gasteiger partial charge on any atom is -0.508 e. The summed E-state index contributed by atoms with van der Waals surface area (Å²) in [5, 5.41) is 28.2. The van der Waals surface area contributed by atoms with Gasteiger partial charge in [-0.05, 0) is 60.1 Å². The predicted molar refractivity (Wildman–Crippen MR) is 163 cm³/mol. The molecule has 3 aromatic rings. The normalized spacial score (nSPS) is 14.1. The number of carboxylic acids is 1. The molecular formula is C30H39N5O6S. The molecule has 0 aliphatic heterocycles. The first-order valence-corrected chi connectivity index (χ1v) is 15.1. The van der Waals surface area contributed by atoms with E-state index in [-0.39, 0.29) is 24.5 Å². The Morgan fingerprint density at radius 2 is 1.57 bits per heavy atom. The van der Waals surface area contributed by atoms with Gasteiger partial charge in [0.15, 0.2) is 0 Å². The number of benzene rings is 2. The Bertz CT molecular complexity index is 1380. The van der Waals surface area contributed by atoms with Crippen LogP contribution >= 0.6 is 11.8 Å². The Morgan fingerprint density at radius 3 is 2.21 bits per heavy atom. The Labute approximate surface area is 249 Å². The van der Waals surface area contributed by atoms with E-state index in [0.717, 1.165) is 22.0 Å². The van der Waals surface area contributed by atoms with Crippen molar-refractivity contribution in [3.05, 3.63) is 65.9 Å². The standard InChI is InChI=1S/C30H39N5O6S/c1-17(2)26(29(39)34-25(30(40)41)15-19-16-32-23-7-5-4-6-21(19)23)35-28(38)24(12-13-42-3)33-27(37)22(31)14-18-8-10-20(36)11-9-18/h4-11,16-17,22,24-26,32,36H,12-15,31H2,1-3H3,(H,33,37)(H,34,39)(H,35,38)(H,40,41). The van der Waals surface area contributed by atoms with Crippen molar-refractivity contribution < 1.29 is 29.4 Å². The second-order valence-electron chi connectivity index (χ2n) is 10.5. The highest BCUT2D eigenvalue weighted by atomic mass is 32.2. The molecule has 12 heteroatoms. The van der Waals surface area contributed by atoms with Crippen LogP contribution in [-0.4, -0.2) is 75.1 Å². The number of nitrogens with one attached hydrogen (secondary N) is 4. The van der Waals surface area contributed by atoms with Crippen LogP contribution in [0.25, 0.3) is 10.9 Å². The highest BCUT2D eigenvalue weighted by Crippen LogP contribution is 2.19. The average molecular weight is 598 g/mol. The van der Waals surface area contributed by atoms with Crippen LogP contribution in [0.4, 0.5) is 0 Å². The fraction of sp³-hybridized carbons (Fsp3) is 0.400. The van der Waals surface area contributed by atoms with Crippen LogP contribution in [-0.2, 0) is 32.0 Å². The monoisotopic (exact) mass is 597 g/mol. The first kappa shape index (κ1) is 32.5. The lowest BCUT2D eigenvalue weighted by Crippen LogP contribution is -2.58. The summed E-state index contributed by atoms with van der Waals surface area (Å²) in [7, 11) is 0. The first-order chi connectivity index (χ1) is 20.0. The molecule has 1 aromatic heterocycles. The fourth-order valence-corrected chi connectivity index (χ4v) is 5.00. The number of hydrogen-bond donors (Lipinski definition) is 7. The number of carbonyl (C=O) groups is 4. The van der Waals surface area contributed by atoms with Gasteiger partial charge in [0, 0.05) is 23.5 Å². The van der Waals surface area contributed by atoms with E-state index in [2.05, 4.69) is 20.9 Å². The molecule has 4 atom stereocenters. The van der Waals surface area contributed by atoms with Gasteiger partial charge in [-0.2, -0.15) is 11.8 Å². The first-order valence-electron chi connectivity index (χ1n) is 13.7. The third-order valence-corrected chi connectivity index (χ3v) is 7.58. The molecule has 3 rings (SSSR count). The van der Waals surface area contributed by atoms with Crippen LogP contribution in [0.5, 0.6) is 5.75 Å². The second kappa shape index (κ2) is 15.3. The summed E-state index contributed by atoms with van der Waals surface area (Å²) in [6.07, 6.45) is 4.15. The molecule has 0 radical (unpaired) electrons. The summed E-state index contributed by atoms with van der Waals surface area (Å²) >= 11 is 1.50. The number of aromatic amines is 1. The maximum atomic E-state index is 13.3. The third-order valence-electron chi connectivity index (χ3n) is 6.93. The van der Waals surface area contributed by atoms with Gasteiger partial charge in [0.2, 0.25) is 17.7 Å². The smallest absolute Gasteiger partial charge is 0.326 e. The molecule has 42 heavy (non-hydrogen) atoms. The van der Waals surface area contributed by atoms with Gasteiger partial charge >= 0.3 is 5.97 Å². The zero-order chi connectivity index (χ0) is 30.8. The maximum absolute atomic E-state index is 13.3. The molecule has 0 saturated carbocycles. The van der Waals surface area contributed by atoms with E-state index in [1.54, 1.807) is 32.2 Å². The number of fused-ring (bicyclic) bond motifs is 1. The molecular weight excluding hydrogens is 558 g/mol. The molecule has 2 aromatic carbocycles. The zero-order valence-electron chi connectivity index (χ0n) is 23.9. The van der Waals surface area contributed by atoms with Crippen molar-refractivity contribution >= 4 is 46.4 Å². The summed E-state index contributed by atoms with van der Waals surface area (Å²) < 4.78 is 0. The molecule has 0 aliphatic rings. The van der Waals surface area contributed by atoms with Crippen molar-refractivity contribution in [1.82, 2.24) is 20.9 Å². The van der Waals surface area contributed by atoms with Gasteiger partial charge in [0.05, 0.1) is 6.04 Å². The Kier molecular flexibility index (Phi) is 11.8. The van der Waals surface area contributed by atoms with Crippen molar-refractivity contribution in [2.45, 2.75) is 57.3 Å². The molecule has 0 saturated heterocycles. The van der Waals surface area contributed by atoms with Crippen LogP contribution in [0.2, 0.25) is 0 Å². The number of phenols is 1. The number of phenolic OH excluding ortho intramolecular Hbond substituents is 1. The number of carboxylic acid groups (broad SMARTS) is 1. The van der Waals surface area contributed by atoms with E-state index in [0.29, 0.717) is 12.2 Å². The lowest BCUT2D eigenvalue weighted by molar-refractivity contribution is -0.142. The summed E-state index contributed by atoms with van der Waals surface area (Å²) in [6.45, 7) is 3.48. The average Bonchev–Trinajstić information content (AvgIpc) is 3.36. The number of thioether (sulfide) groups is 1. The van der Waals surface area contributed by atoms with E-state index >= 15 is 0 Å². The Hall–Kier alpha value is -4.03. The van der Waals surface area contributed by atoms with Gasteiger partial charge < -0.3 is 36.9 Å². The van der Waals surface area contributed by atoms with E-state index < -0.39 is 47.9 Å². The molecule has 11 nitrogen and oxygen atoms in total. The number of para-hydroxylation sites is 1. The number of nitrogens with two attached hydrogens (primary N) is 1. The van der Waals surface area contributed by atoms with Crippen LogP contribution in [0, 0.1) is 5.92 Å². The number of hydrogen-bond acceptors (Lipinski definition) is 7. The summed E-state index contributed by atoms with van der Waals surface area (Å²) in [5.74, 6) is -2.63. The fourth-order valence-electron chi connectivity index (χ4n) is 4.53. The minimum atomic E-state index is -1.22. The highest BCUT2D eigenvalue weighted by molar-refractivity contribution is 7.98. The second-order valence-corrected chi connectivity index (χ2v) is 11.5. The quantitative estimate of drug-likeness (QED) is 0.138. The van der Waals surface area contributed by atoms with Crippen molar-refractivity contribution in [3.63, 3.8) is 0 Å². The van der Waals surface area contributed by atoms with Crippen LogP contribution in [0.1, 0.15) is 31.4 Å². The van der Waals surface area contributed by atoms with Gasteiger partial charge in [0.25, 0.3) is 0 Å². The molecule has 1 heterocycles. The molecule has 0 aliphatic carbocycles. The van der Waals surface area contributed by atoms with Crippen LogP contribution in [0.15, 0.2) is 54.7 Å². The number of aromatic hydroxyl groups is 1. The van der Waals surface area contributed by atoms with Gasteiger partial charge in [-0.1, -0.05) is 44.2 Å². The number of aromatic nitrogens is 1. The molecule has 8 N–H and O–H groups in total. The van der Waals surface area contributed by atoms with E-state index in [1.165, 1.54) is 23.9 Å². The van der Waals surface area contributed by atoms with E-state index in [9.17, 15) is 29.4 Å². The van der Waals surface area contributed by atoms with Crippen LogP contribution < -0.4 is 21.7 Å².